The van der Waals surface area contributed by atoms with Crippen molar-refractivity contribution in [2.45, 2.75) is 243 Å². The molecule has 338 valence electrons. The molecule has 0 aliphatic carbocycles. The van der Waals surface area contributed by atoms with Crippen LogP contribution in [0.15, 0.2) is 12.2 Å². The van der Waals surface area contributed by atoms with Crippen LogP contribution in [0.1, 0.15) is 194 Å². The molecule has 1 aliphatic heterocycles. The highest BCUT2D eigenvalue weighted by atomic mass is 32.3. The van der Waals surface area contributed by atoms with Crippen molar-refractivity contribution < 1.29 is 57.0 Å². The molecule has 0 radical (unpaired) electrons. The van der Waals surface area contributed by atoms with Gasteiger partial charge in [-0.3, -0.25) is 9.35 Å². The monoisotopic (exact) mass is 838 g/mol. The van der Waals surface area contributed by atoms with Crippen molar-refractivity contribution in [3.05, 3.63) is 12.2 Å². The predicted molar refractivity (Wildman–Crippen MR) is 224 cm³/mol. The van der Waals surface area contributed by atoms with Gasteiger partial charge in [-0.2, -0.15) is 8.42 Å². The molecule has 1 fully saturated rings. The maximum atomic E-state index is 13.1. The standard InChI is InChI=1S/C43H83NO12S/c1-3-5-7-9-11-13-14-15-16-17-18-19-20-21-22-24-26-28-30-32-37(47)42(50)44-35(36(46)31-29-27-25-23-12-10-8-6-4-2)34-54-43-40(49)41(56-57(51,52)53)39(48)38(33-45)55-43/h29,31,35-41,43,45-49H,3-28,30,32-34H2,1-2H3,(H,44,50)(H,51,52,53)/b31-29+. The van der Waals surface area contributed by atoms with Gasteiger partial charge in [0.15, 0.2) is 6.29 Å². The minimum absolute atomic E-state index is 0.248. The number of allylic oxidation sites excluding steroid dienone is 1. The maximum Gasteiger partial charge on any atom is 0.397 e. The van der Waals surface area contributed by atoms with E-state index in [1.54, 1.807) is 0 Å². The first kappa shape index (κ1) is 53.8. The lowest BCUT2D eigenvalue weighted by Gasteiger charge is -2.41. The Morgan fingerprint density at radius 1 is 0.702 bits per heavy atom. The van der Waals surface area contributed by atoms with E-state index in [9.17, 15) is 38.7 Å². The zero-order valence-corrected chi connectivity index (χ0v) is 36.3. The number of ether oxygens (including phenoxy) is 2. The lowest BCUT2D eigenvalue weighted by Crippen LogP contribution is -2.61. The van der Waals surface area contributed by atoms with Gasteiger partial charge in [-0.1, -0.05) is 187 Å². The third-order valence-corrected chi connectivity index (χ3v) is 11.4. The van der Waals surface area contributed by atoms with Crippen LogP contribution in [0.2, 0.25) is 0 Å². The highest BCUT2D eigenvalue weighted by molar-refractivity contribution is 7.80. The van der Waals surface area contributed by atoms with Gasteiger partial charge in [-0.05, 0) is 19.3 Å². The molecular weight excluding hydrogens is 755 g/mol. The smallest absolute Gasteiger partial charge is 0.394 e. The summed E-state index contributed by atoms with van der Waals surface area (Å²) in [4.78, 5) is 13.1. The molecule has 0 saturated carbocycles. The Morgan fingerprint density at radius 3 is 1.58 bits per heavy atom. The number of hydrogen-bond donors (Lipinski definition) is 7. The maximum absolute atomic E-state index is 13.1. The quantitative estimate of drug-likeness (QED) is 0.0185. The topological polar surface area (TPSA) is 212 Å². The second-order valence-electron chi connectivity index (χ2n) is 16.1. The highest BCUT2D eigenvalue weighted by Crippen LogP contribution is 2.26. The average molecular weight is 838 g/mol. The van der Waals surface area contributed by atoms with E-state index in [2.05, 4.69) is 23.3 Å². The Hall–Kier alpha value is -1.20. The Kier molecular flexibility index (Phi) is 32.6. The van der Waals surface area contributed by atoms with E-state index in [-0.39, 0.29) is 6.42 Å². The number of rotatable bonds is 38. The molecule has 0 spiro atoms. The van der Waals surface area contributed by atoms with Crippen LogP contribution >= 0.6 is 0 Å². The number of amides is 1. The van der Waals surface area contributed by atoms with E-state index < -0.39 is 78.5 Å². The van der Waals surface area contributed by atoms with Gasteiger partial charge in [0.1, 0.15) is 30.5 Å². The first-order chi connectivity index (χ1) is 27.4. The fraction of sp³-hybridized carbons (Fsp3) is 0.930. The van der Waals surface area contributed by atoms with Crippen LogP contribution in [0.4, 0.5) is 0 Å². The molecule has 8 atom stereocenters. The van der Waals surface area contributed by atoms with Crippen molar-refractivity contribution in [1.29, 1.82) is 0 Å². The Labute approximate surface area is 345 Å². The van der Waals surface area contributed by atoms with Gasteiger partial charge in [0, 0.05) is 0 Å². The summed E-state index contributed by atoms with van der Waals surface area (Å²) in [5.74, 6) is -0.702. The second-order valence-corrected chi connectivity index (χ2v) is 17.2. The van der Waals surface area contributed by atoms with Gasteiger partial charge in [0.05, 0.1) is 25.4 Å². The number of carbonyl (C=O) groups excluding carboxylic acids is 1. The summed E-state index contributed by atoms with van der Waals surface area (Å²) in [5, 5.41) is 55.0. The van der Waals surface area contributed by atoms with Crippen LogP contribution in [-0.4, -0.2) is 107 Å². The van der Waals surface area contributed by atoms with E-state index in [0.29, 0.717) is 12.8 Å². The van der Waals surface area contributed by atoms with E-state index in [0.717, 1.165) is 38.5 Å². The lowest BCUT2D eigenvalue weighted by atomic mass is 9.99. The summed E-state index contributed by atoms with van der Waals surface area (Å²) < 4.78 is 47.3. The highest BCUT2D eigenvalue weighted by Gasteiger charge is 2.48. The third kappa shape index (κ3) is 27.3. The number of aliphatic hydroxyl groups excluding tert-OH is 5. The van der Waals surface area contributed by atoms with E-state index in [1.807, 2.05) is 6.08 Å². The van der Waals surface area contributed by atoms with Gasteiger partial charge in [-0.25, -0.2) is 4.18 Å². The molecule has 7 N–H and O–H groups in total. The molecule has 1 heterocycles. The number of aliphatic hydroxyl groups is 5. The second kappa shape index (κ2) is 34.5. The van der Waals surface area contributed by atoms with Crippen molar-refractivity contribution in [3.63, 3.8) is 0 Å². The van der Waals surface area contributed by atoms with E-state index in [1.165, 1.54) is 128 Å². The van der Waals surface area contributed by atoms with E-state index in [4.69, 9.17) is 14.0 Å². The summed E-state index contributed by atoms with van der Waals surface area (Å²) in [6, 6.07) is -1.11. The molecule has 0 aromatic heterocycles. The van der Waals surface area contributed by atoms with Crippen molar-refractivity contribution in [2.75, 3.05) is 13.2 Å². The average Bonchev–Trinajstić information content (AvgIpc) is 3.18. The summed E-state index contributed by atoms with van der Waals surface area (Å²) in [6.07, 6.45) is 24.6. The van der Waals surface area contributed by atoms with Crippen LogP contribution < -0.4 is 5.32 Å². The van der Waals surface area contributed by atoms with Crippen LogP contribution in [0.5, 0.6) is 0 Å². The SMILES string of the molecule is CCCCCCCCC/C=C/C(O)C(COC1OC(CO)C(O)C(OS(=O)(=O)O)C1O)NC(=O)C(O)CCCCCCCCCCCCCCCCCCCCC. The molecule has 1 aliphatic rings. The number of hydrogen-bond acceptors (Lipinski definition) is 11. The first-order valence-electron chi connectivity index (χ1n) is 22.7. The third-order valence-electron chi connectivity index (χ3n) is 10.9. The fourth-order valence-electron chi connectivity index (χ4n) is 7.28. The fourth-order valence-corrected chi connectivity index (χ4v) is 7.79. The largest absolute Gasteiger partial charge is 0.397 e. The Bertz CT molecular complexity index is 1100. The molecule has 13 nitrogen and oxygen atoms in total. The molecule has 57 heavy (non-hydrogen) atoms. The molecular formula is C43H83NO12S. The summed E-state index contributed by atoms with van der Waals surface area (Å²) in [6.45, 7) is 3.18. The summed E-state index contributed by atoms with van der Waals surface area (Å²) in [7, 11) is -5.11. The lowest BCUT2D eigenvalue weighted by molar-refractivity contribution is -0.298. The Morgan fingerprint density at radius 2 is 1.14 bits per heavy atom. The molecule has 1 rings (SSSR count). The zero-order chi connectivity index (χ0) is 42.2. The van der Waals surface area contributed by atoms with Gasteiger partial charge >= 0.3 is 10.4 Å². The van der Waals surface area contributed by atoms with Crippen molar-refractivity contribution in [2.24, 2.45) is 0 Å². The van der Waals surface area contributed by atoms with Crippen molar-refractivity contribution in [3.8, 4) is 0 Å². The van der Waals surface area contributed by atoms with Crippen LogP contribution in [-0.2, 0) is 28.9 Å². The molecule has 14 heteroatoms. The molecule has 0 aromatic carbocycles. The summed E-state index contributed by atoms with van der Waals surface area (Å²) in [5.41, 5.74) is 0. The number of carbonyl (C=O) groups is 1. The summed E-state index contributed by atoms with van der Waals surface area (Å²) >= 11 is 0. The molecule has 8 unspecified atom stereocenters. The van der Waals surface area contributed by atoms with Gasteiger partial charge in [0.25, 0.3) is 0 Å². The van der Waals surface area contributed by atoms with Crippen molar-refractivity contribution in [1.82, 2.24) is 5.32 Å². The van der Waals surface area contributed by atoms with E-state index >= 15 is 0 Å². The van der Waals surface area contributed by atoms with Crippen LogP contribution in [0, 0.1) is 0 Å². The van der Waals surface area contributed by atoms with Gasteiger partial charge < -0.3 is 40.3 Å². The minimum Gasteiger partial charge on any atom is -0.394 e. The van der Waals surface area contributed by atoms with Gasteiger partial charge in [0.2, 0.25) is 5.91 Å². The molecule has 0 bridgehead atoms. The zero-order valence-electron chi connectivity index (χ0n) is 35.5. The first-order valence-corrected chi connectivity index (χ1v) is 24.0. The van der Waals surface area contributed by atoms with Crippen LogP contribution in [0.3, 0.4) is 0 Å². The molecule has 1 amide bonds. The van der Waals surface area contributed by atoms with Gasteiger partial charge in [-0.15, -0.1) is 0 Å². The van der Waals surface area contributed by atoms with Crippen molar-refractivity contribution >= 4 is 16.3 Å². The minimum atomic E-state index is -5.11. The number of nitrogens with one attached hydrogen (secondary N) is 1. The Balaban J connectivity index is 2.50. The number of unbranched alkanes of at least 4 members (excludes halogenated alkanes) is 25. The van der Waals surface area contributed by atoms with Crippen LogP contribution in [0.25, 0.3) is 0 Å². The normalized spacial score (nSPS) is 21.9. The predicted octanol–water partition coefficient (Wildman–Crippen LogP) is 7.36. The molecule has 0 aromatic rings. The molecule has 1 saturated heterocycles.